The molecule has 1 aromatic rings. The van der Waals surface area contributed by atoms with Crippen LogP contribution in [0.3, 0.4) is 0 Å². The van der Waals surface area contributed by atoms with Gasteiger partial charge in [-0.3, -0.25) is 0 Å². The second-order valence-electron chi connectivity index (χ2n) is 6.12. The van der Waals surface area contributed by atoms with Crippen LogP contribution >= 0.6 is 0 Å². The zero-order chi connectivity index (χ0) is 14.9. The average molecular weight is 266 g/mol. The van der Waals surface area contributed by atoms with Gasteiger partial charge in [-0.05, 0) is 86.4 Å². The molecule has 0 spiro atoms. The van der Waals surface area contributed by atoms with Crippen molar-refractivity contribution in [2.45, 2.75) is 54.4 Å². The highest BCUT2D eigenvalue weighted by Crippen LogP contribution is 2.35. The molecule has 0 heterocycles. The molecule has 0 fully saturated rings. The largest absolute Gasteiger partial charge is 0.0723 e. The van der Waals surface area contributed by atoms with E-state index >= 15 is 0 Å². The van der Waals surface area contributed by atoms with Gasteiger partial charge in [0.1, 0.15) is 0 Å². The van der Waals surface area contributed by atoms with E-state index in [1.54, 1.807) is 0 Å². The quantitative estimate of drug-likeness (QED) is 0.635. The molecule has 1 aliphatic rings. The molecule has 2 rings (SSSR count). The first-order valence-electron chi connectivity index (χ1n) is 7.59. The van der Waals surface area contributed by atoms with Gasteiger partial charge in [0.15, 0.2) is 0 Å². The number of hydrogen-bond acceptors (Lipinski definition) is 0. The number of aryl methyl sites for hydroxylation is 3. The predicted molar refractivity (Wildman–Crippen MR) is 90.0 cm³/mol. The smallest absolute Gasteiger partial charge is 0.00830 e. The van der Waals surface area contributed by atoms with E-state index < -0.39 is 0 Å². The Kier molecular flexibility index (Phi) is 4.32. The van der Waals surface area contributed by atoms with Gasteiger partial charge in [-0.2, -0.15) is 0 Å². The van der Waals surface area contributed by atoms with Crippen LogP contribution in [0.25, 0.3) is 6.08 Å². The Labute approximate surface area is 123 Å². The van der Waals surface area contributed by atoms with E-state index in [2.05, 4.69) is 65.8 Å². The fourth-order valence-corrected chi connectivity index (χ4v) is 2.97. The molecule has 0 aliphatic heterocycles. The van der Waals surface area contributed by atoms with Gasteiger partial charge in [0.05, 0.1) is 0 Å². The SMILES string of the molecule is CCc1cc(C)c(/C=C(\C)C2=CCC2=C(C)C)c(C)c1. The summed E-state index contributed by atoms with van der Waals surface area (Å²) >= 11 is 0. The summed E-state index contributed by atoms with van der Waals surface area (Å²) in [7, 11) is 0. The second-order valence-corrected chi connectivity index (χ2v) is 6.12. The highest BCUT2D eigenvalue weighted by Gasteiger charge is 2.16. The van der Waals surface area contributed by atoms with Gasteiger partial charge in [-0.1, -0.05) is 36.8 Å². The Morgan fingerprint density at radius 3 is 2.10 bits per heavy atom. The summed E-state index contributed by atoms with van der Waals surface area (Å²) < 4.78 is 0. The molecule has 0 saturated heterocycles. The standard InChI is InChI=1S/C20H26/c1-7-17-10-14(4)20(15(5)11-17)12-16(6)19-9-8-18(19)13(2)3/h9-12H,7-8H2,1-6H3/b16-12+. The highest BCUT2D eigenvalue weighted by molar-refractivity contribution is 5.69. The van der Waals surface area contributed by atoms with Gasteiger partial charge in [-0.25, -0.2) is 0 Å². The summed E-state index contributed by atoms with van der Waals surface area (Å²) in [4.78, 5) is 0. The molecule has 0 unspecified atom stereocenters. The van der Waals surface area contributed by atoms with E-state index in [4.69, 9.17) is 0 Å². The molecular formula is C20H26. The topological polar surface area (TPSA) is 0 Å². The number of benzene rings is 1. The summed E-state index contributed by atoms with van der Waals surface area (Å²) in [6.07, 6.45) is 6.95. The van der Waals surface area contributed by atoms with Crippen molar-refractivity contribution >= 4 is 6.08 Å². The first-order valence-corrected chi connectivity index (χ1v) is 7.59. The summed E-state index contributed by atoms with van der Waals surface area (Å²) in [5, 5.41) is 0. The lowest BCUT2D eigenvalue weighted by atomic mass is 9.82. The minimum absolute atomic E-state index is 1.11. The lowest BCUT2D eigenvalue weighted by molar-refractivity contribution is 1.05. The van der Waals surface area contributed by atoms with Crippen LogP contribution in [0.1, 0.15) is 56.4 Å². The van der Waals surface area contributed by atoms with E-state index in [0.29, 0.717) is 0 Å². The van der Waals surface area contributed by atoms with Crippen molar-refractivity contribution in [3.05, 3.63) is 62.8 Å². The monoisotopic (exact) mass is 266 g/mol. The molecule has 1 aliphatic carbocycles. The molecule has 0 bridgehead atoms. The van der Waals surface area contributed by atoms with Gasteiger partial charge in [-0.15, -0.1) is 0 Å². The van der Waals surface area contributed by atoms with Gasteiger partial charge in [0.2, 0.25) is 0 Å². The molecule has 0 nitrogen and oxygen atoms in total. The third-order valence-corrected chi connectivity index (χ3v) is 4.29. The van der Waals surface area contributed by atoms with Gasteiger partial charge in [0, 0.05) is 0 Å². The molecule has 0 amide bonds. The molecular weight excluding hydrogens is 240 g/mol. The van der Waals surface area contributed by atoms with Crippen molar-refractivity contribution in [3.8, 4) is 0 Å². The van der Waals surface area contributed by atoms with Crippen molar-refractivity contribution in [2.75, 3.05) is 0 Å². The summed E-state index contributed by atoms with van der Waals surface area (Å²) in [5.74, 6) is 0. The van der Waals surface area contributed by atoms with Crippen molar-refractivity contribution in [3.63, 3.8) is 0 Å². The van der Waals surface area contributed by atoms with Crippen LogP contribution in [0, 0.1) is 13.8 Å². The van der Waals surface area contributed by atoms with Crippen molar-refractivity contribution in [1.82, 2.24) is 0 Å². The summed E-state index contributed by atoms with van der Waals surface area (Å²) in [6, 6.07) is 4.65. The molecule has 0 saturated carbocycles. The molecule has 0 aromatic heterocycles. The Morgan fingerprint density at radius 2 is 1.70 bits per heavy atom. The lowest BCUT2D eigenvalue weighted by Gasteiger charge is -2.22. The Hall–Kier alpha value is -1.56. The molecule has 20 heavy (non-hydrogen) atoms. The lowest BCUT2D eigenvalue weighted by Crippen LogP contribution is -2.03. The summed E-state index contributed by atoms with van der Waals surface area (Å²) in [6.45, 7) is 13.3. The predicted octanol–water partition coefficient (Wildman–Crippen LogP) is 5.94. The van der Waals surface area contributed by atoms with E-state index in [1.165, 1.54) is 44.5 Å². The maximum atomic E-state index is 2.36. The first kappa shape index (κ1) is 14.8. The minimum Gasteiger partial charge on any atom is -0.0723 e. The van der Waals surface area contributed by atoms with Crippen LogP contribution in [0.4, 0.5) is 0 Å². The normalized spacial score (nSPS) is 15.0. The molecule has 1 aromatic carbocycles. The van der Waals surface area contributed by atoms with Crippen LogP contribution in [0.5, 0.6) is 0 Å². The minimum atomic E-state index is 1.11. The van der Waals surface area contributed by atoms with Crippen molar-refractivity contribution in [1.29, 1.82) is 0 Å². The third-order valence-electron chi connectivity index (χ3n) is 4.29. The first-order chi connectivity index (χ1) is 9.43. The zero-order valence-corrected chi connectivity index (χ0v) is 13.7. The van der Waals surface area contributed by atoms with Crippen molar-refractivity contribution < 1.29 is 0 Å². The maximum absolute atomic E-state index is 2.36. The van der Waals surface area contributed by atoms with Crippen LogP contribution < -0.4 is 0 Å². The van der Waals surface area contributed by atoms with Gasteiger partial charge >= 0.3 is 0 Å². The van der Waals surface area contributed by atoms with Crippen LogP contribution in [-0.4, -0.2) is 0 Å². The zero-order valence-electron chi connectivity index (χ0n) is 13.7. The van der Waals surface area contributed by atoms with E-state index in [1.807, 2.05) is 0 Å². The second kappa shape index (κ2) is 5.83. The Morgan fingerprint density at radius 1 is 1.10 bits per heavy atom. The van der Waals surface area contributed by atoms with Crippen LogP contribution in [-0.2, 0) is 6.42 Å². The van der Waals surface area contributed by atoms with Gasteiger partial charge < -0.3 is 0 Å². The molecule has 0 heteroatoms. The Balaban J connectivity index is 2.39. The van der Waals surface area contributed by atoms with Crippen molar-refractivity contribution in [2.24, 2.45) is 0 Å². The fourth-order valence-electron chi connectivity index (χ4n) is 2.97. The summed E-state index contributed by atoms with van der Waals surface area (Å²) in [5.41, 5.74) is 11.4. The fraction of sp³-hybridized carbons (Fsp3) is 0.400. The maximum Gasteiger partial charge on any atom is -0.00830 e. The molecule has 0 atom stereocenters. The van der Waals surface area contributed by atoms with E-state index in [9.17, 15) is 0 Å². The van der Waals surface area contributed by atoms with Crippen LogP contribution in [0.15, 0.2) is 40.5 Å². The number of allylic oxidation sites excluding steroid dienone is 5. The highest BCUT2D eigenvalue weighted by atomic mass is 14.2. The van der Waals surface area contributed by atoms with Crippen LogP contribution in [0.2, 0.25) is 0 Å². The number of hydrogen-bond donors (Lipinski definition) is 0. The molecule has 0 N–H and O–H groups in total. The van der Waals surface area contributed by atoms with E-state index in [-0.39, 0.29) is 0 Å². The van der Waals surface area contributed by atoms with E-state index in [0.717, 1.165) is 12.8 Å². The average Bonchev–Trinajstić information content (AvgIpc) is 2.31. The molecule has 0 radical (unpaired) electrons. The van der Waals surface area contributed by atoms with Gasteiger partial charge in [0.25, 0.3) is 0 Å². The third kappa shape index (κ3) is 2.80. The Bertz CT molecular complexity index is 594. The molecule has 106 valence electrons. The number of rotatable bonds is 3.